The second kappa shape index (κ2) is 5.78. The standard InChI is InChI=1S/C14H19NO3/c1-16-12-4-5-14(18-3)11(8-12)9-15-7-6-13(10-15)17-2/h4-6,8H,7,9-10H2,1-3H3. The van der Waals surface area contributed by atoms with Gasteiger partial charge in [0.15, 0.2) is 0 Å². The topological polar surface area (TPSA) is 30.9 Å². The largest absolute Gasteiger partial charge is 0.500 e. The minimum atomic E-state index is 0.823. The average molecular weight is 249 g/mol. The molecule has 1 aliphatic heterocycles. The molecule has 18 heavy (non-hydrogen) atoms. The van der Waals surface area contributed by atoms with E-state index in [1.165, 1.54) is 0 Å². The number of hydrogen-bond acceptors (Lipinski definition) is 4. The summed E-state index contributed by atoms with van der Waals surface area (Å²) in [6, 6.07) is 5.86. The van der Waals surface area contributed by atoms with Crippen LogP contribution in [0.4, 0.5) is 0 Å². The quantitative estimate of drug-likeness (QED) is 0.799. The Balaban J connectivity index is 2.08. The third kappa shape index (κ3) is 2.76. The van der Waals surface area contributed by atoms with E-state index in [1.807, 2.05) is 18.2 Å². The first-order valence-corrected chi connectivity index (χ1v) is 5.93. The zero-order chi connectivity index (χ0) is 13.0. The van der Waals surface area contributed by atoms with Crippen LogP contribution in [0, 0.1) is 0 Å². The molecule has 0 fully saturated rings. The van der Waals surface area contributed by atoms with Crippen LogP contribution in [-0.2, 0) is 11.3 Å². The molecule has 2 rings (SSSR count). The Morgan fingerprint density at radius 3 is 2.56 bits per heavy atom. The van der Waals surface area contributed by atoms with E-state index >= 15 is 0 Å². The van der Waals surface area contributed by atoms with Crippen molar-refractivity contribution in [2.24, 2.45) is 0 Å². The molecule has 0 amide bonds. The molecule has 0 saturated carbocycles. The lowest BCUT2D eigenvalue weighted by atomic mass is 10.1. The molecule has 98 valence electrons. The Morgan fingerprint density at radius 1 is 1.11 bits per heavy atom. The number of ether oxygens (including phenoxy) is 3. The third-order valence-electron chi connectivity index (χ3n) is 3.10. The van der Waals surface area contributed by atoms with Gasteiger partial charge in [0.2, 0.25) is 0 Å². The summed E-state index contributed by atoms with van der Waals surface area (Å²) in [7, 11) is 5.07. The monoisotopic (exact) mass is 249 g/mol. The van der Waals surface area contributed by atoms with Crippen LogP contribution in [0.5, 0.6) is 11.5 Å². The lowest BCUT2D eigenvalue weighted by Gasteiger charge is -2.18. The first-order chi connectivity index (χ1) is 8.76. The minimum Gasteiger partial charge on any atom is -0.500 e. The summed E-state index contributed by atoms with van der Waals surface area (Å²) < 4.78 is 15.9. The summed E-state index contributed by atoms with van der Waals surface area (Å²) in [5.41, 5.74) is 1.13. The van der Waals surface area contributed by atoms with E-state index in [9.17, 15) is 0 Å². The molecular formula is C14H19NO3. The number of benzene rings is 1. The Morgan fingerprint density at radius 2 is 1.94 bits per heavy atom. The zero-order valence-corrected chi connectivity index (χ0v) is 11.1. The molecule has 4 heteroatoms. The number of methoxy groups -OCH3 is 3. The maximum Gasteiger partial charge on any atom is 0.123 e. The lowest BCUT2D eigenvalue weighted by molar-refractivity contribution is 0.244. The fraction of sp³-hybridized carbons (Fsp3) is 0.429. The molecule has 0 unspecified atom stereocenters. The molecule has 0 aromatic heterocycles. The zero-order valence-electron chi connectivity index (χ0n) is 11.1. The molecule has 0 bridgehead atoms. The normalized spacial score (nSPS) is 15.4. The van der Waals surface area contributed by atoms with Gasteiger partial charge < -0.3 is 14.2 Å². The second-order valence-electron chi connectivity index (χ2n) is 4.22. The summed E-state index contributed by atoms with van der Waals surface area (Å²) >= 11 is 0. The van der Waals surface area contributed by atoms with Crippen LogP contribution in [0.1, 0.15) is 5.56 Å². The minimum absolute atomic E-state index is 0.823. The van der Waals surface area contributed by atoms with E-state index in [0.29, 0.717) is 0 Å². The lowest BCUT2D eigenvalue weighted by Crippen LogP contribution is -2.21. The van der Waals surface area contributed by atoms with Gasteiger partial charge in [-0.15, -0.1) is 0 Å². The van der Waals surface area contributed by atoms with E-state index in [2.05, 4.69) is 11.0 Å². The van der Waals surface area contributed by atoms with Crippen molar-refractivity contribution in [2.45, 2.75) is 6.54 Å². The highest BCUT2D eigenvalue weighted by molar-refractivity contribution is 5.40. The van der Waals surface area contributed by atoms with Crippen LogP contribution in [-0.4, -0.2) is 39.3 Å². The first-order valence-electron chi connectivity index (χ1n) is 5.93. The van der Waals surface area contributed by atoms with Gasteiger partial charge in [-0.2, -0.15) is 0 Å². The highest BCUT2D eigenvalue weighted by Crippen LogP contribution is 2.26. The fourth-order valence-electron chi connectivity index (χ4n) is 2.10. The Kier molecular flexibility index (Phi) is 4.10. The van der Waals surface area contributed by atoms with Crippen LogP contribution in [0.15, 0.2) is 30.0 Å². The second-order valence-corrected chi connectivity index (χ2v) is 4.22. The van der Waals surface area contributed by atoms with Crippen molar-refractivity contribution in [2.75, 3.05) is 34.4 Å². The van der Waals surface area contributed by atoms with Gasteiger partial charge in [0.05, 0.1) is 27.9 Å². The van der Waals surface area contributed by atoms with Gasteiger partial charge in [-0.25, -0.2) is 0 Å². The molecule has 1 aliphatic rings. The van der Waals surface area contributed by atoms with E-state index < -0.39 is 0 Å². The van der Waals surface area contributed by atoms with E-state index in [-0.39, 0.29) is 0 Å². The van der Waals surface area contributed by atoms with Crippen molar-refractivity contribution in [1.29, 1.82) is 0 Å². The highest BCUT2D eigenvalue weighted by Gasteiger charge is 2.16. The third-order valence-corrected chi connectivity index (χ3v) is 3.10. The van der Waals surface area contributed by atoms with Crippen molar-refractivity contribution in [1.82, 2.24) is 4.90 Å². The van der Waals surface area contributed by atoms with E-state index in [4.69, 9.17) is 14.2 Å². The van der Waals surface area contributed by atoms with Gasteiger partial charge in [-0.3, -0.25) is 4.90 Å². The van der Waals surface area contributed by atoms with E-state index in [1.54, 1.807) is 21.3 Å². The van der Waals surface area contributed by atoms with Crippen molar-refractivity contribution in [3.8, 4) is 11.5 Å². The molecule has 0 N–H and O–H groups in total. The molecule has 1 aromatic rings. The number of rotatable bonds is 5. The van der Waals surface area contributed by atoms with E-state index in [0.717, 1.165) is 42.5 Å². The van der Waals surface area contributed by atoms with Crippen LogP contribution >= 0.6 is 0 Å². The predicted molar refractivity (Wildman–Crippen MR) is 69.9 cm³/mol. The van der Waals surface area contributed by atoms with Crippen LogP contribution in [0.3, 0.4) is 0 Å². The van der Waals surface area contributed by atoms with Gasteiger partial charge in [0, 0.05) is 18.7 Å². The maximum atomic E-state index is 5.38. The van der Waals surface area contributed by atoms with Gasteiger partial charge in [0.1, 0.15) is 17.3 Å². The summed E-state index contributed by atoms with van der Waals surface area (Å²) in [5.74, 6) is 2.77. The summed E-state index contributed by atoms with van der Waals surface area (Å²) in [5, 5.41) is 0. The summed E-state index contributed by atoms with van der Waals surface area (Å²) in [6.45, 7) is 2.57. The van der Waals surface area contributed by atoms with Crippen LogP contribution < -0.4 is 9.47 Å². The van der Waals surface area contributed by atoms with Gasteiger partial charge in [-0.1, -0.05) is 0 Å². The van der Waals surface area contributed by atoms with Crippen molar-refractivity contribution in [3.63, 3.8) is 0 Å². The molecule has 1 aromatic carbocycles. The predicted octanol–water partition coefficient (Wildman–Crippen LogP) is 2.05. The van der Waals surface area contributed by atoms with Crippen LogP contribution in [0.2, 0.25) is 0 Å². The van der Waals surface area contributed by atoms with Crippen molar-refractivity contribution < 1.29 is 14.2 Å². The molecule has 0 radical (unpaired) electrons. The maximum absolute atomic E-state index is 5.38. The number of hydrogen-bond donors (Lipinski definition) is 0. The van der Waals surface area contributed by atoms with Crippen molar-refractivity contribution >= 4 is 0 Å². The smallest absolute Gasteiger partial charge is 0.123 e. The Labute approximate surface area is 108 Å². The Hall–Kier alpha value is -1.68. The van der Waals surface area contributed by atoms with Gasteiger partial charge in [0.25, 0.3) is 0 Å². The molecule has 0 aliphatic carbocycles. The first kappa shape index (κ1) is 12.8. The average Bonchev–Trinajstić information content (AvgIpc) is 2.86. The molecule has 0 saturated heterocycles. The molecule has 4 nitrogen and oxygen atoms in total. The van der Waals surface area contributed by atoms with Gasteiger partial charge in [-0.05, 0) is 24.3 Å². The molecule has 1 heterocycles. The molecular weight excluding hydrogens is 230 g/mol. The molecule has 0 atom stereocenters. The Bertz CT molecular complexity index is 443. The number of nitrogens with zero attached hydrogens (tertiary/aromatic N) is 1. The van der Waals surface area contributed by atoms with Gasteiger partial charge >= 0.3 is 0 Å². The highest BCUT2D eigenvalue weighted by atomic mass is 16.5. The fourth-order valence-corrected chi connectivity index (χ4v) is 2.10. The SMILES string of the molecule is COC1=CCN(Cc2cc(OC)ccc2OC)C1. The summed E-state index contributed by atoms with van der Waals surface area (Å²) in [6.07, 6.45) is 2.10. The van der Waals surface area contributed by atoms with Crippen molar-refractivity contribution in [3.05, 3.63) is 35.6 Å². The molecule has 0 spiro atoms. The summed E-state index contributed by atoms with van der Waals surface area (Å²) in [4.78, 5) is 2.29. The van der Waals surface area contributed by atoms with Crippen LogP contribution in [0.25, 0.3) is 0 Å².